The number of rotatable bonds is 7. The average molecular weight is 301 g/mol. The quantitative estimate of drug-likeness (QED) is 0.783. The van der Waals surface area contributed by atoms with Crippen LogP contribution < -0.4 is 5.32 Å². The first-order valence-electron chi connectivity index (χ1n) is 8.16. The molecule has 0 aromatic heterocycles. The van der Waals surface area contributed by atoms with Crippen LogP contribution in [0, 0.1) is 0 Å². The molecule has 1 saturated heterocycles. The smallest absolute Gasteiger partial charge is 0.239 e. The Morgan fingerprint density at radius 2 is 1.75 bits per heavy atom. The van der Waals surface area contributed by atoms with Crippen molar-refractivity contribution in [1.29, 1.82) is 0 Å². The van der Waals surface area contributed by atoms with E-state index in [9.17, 15) is 4.79 Å². The summed E-state index contributed by atoms with van der Waals surface area (Å²) >= 11 is 1.92. The molecular formula is C16H32N2OS. The van der Waals surface area contributed by atoms with E-state index in [1.807, 2.05) is 18.7 Å². The molecular weight excluding hydrogens is 268 g/mol. The van der Waals surface area contributed by atoms with Crippen LogP contribution >= 0.6 is 11.8 Å². The van der Waals surface area contributed by atoms with E-state index in [4.69, 9.17) is 0 Å². The number of hydrogen-bond donors (Lipinski definition) is 1. The topological polar surface area (TPSA) is 32.3 Å². The summed E-state index contributed by atoms with van der Waals surface area (Å²) in [5.74, 6) is 0.286. The van der Waals surface area contributed by atoms with Crippen molar-refractivity contribution in [3.8, 4) is 0 Å². The lowest BCUT2D eigenvalue weighted by Crippen LogP contribution is -2.49. The Balaban J connectivity index is 2.48. The third-order valence-corrected chi connectivity index (χ3v) is 6.33. The third kappa shape index (κ3) is 4.96. The number of hydrogen-bond acceptors (Lipinski definition) is 3. The van der Waals surface area contributed by atoms with Gasteiger partial charge in [0.25, 0.3) is 0 Å². The number of carbonyl (C=O) groups excluding carboxylic acids is 1. The van der Waals surface area contributed by atoms with E-state index in [1.54, 1.807) is 0 Å². The van der Waals surface area contributed by atoms with Crippen LogP contribution in [0.15, 0.2) is 0 Å². The first kappa shape index (κ1) is 17.8. The van der Waals surface area contributed by atoms with Crippen molar-refractivity contribution in [3.05, 3.63) is 0 Å². The lowest BCUT2D eigenvalue weighted by Gasteiger charge is -2.32. The highest BCUT2D eigenvalue weighted by atomic mass is 32.2. The molecule has 0 saturated carbocycles. The molecule has 3 nitrogen and oxygen atoms in total. The number of nitrogens with zero attached hydrogens (tertiary/aromatic N) is 1. The standard InChI is InChI=1S/C16H32N2OS/c1-5-16(6-2,20-4)13-17-14(3)15(19)18-11-9-7-8-10-12-18/h14,17H,5-13H2,1-4H3. The molecule has 0 aromatic carbocycles. The van der Waals surface area contributed by atoms with Gasteiger partial charge in [-0.1, -0.05) is 26.7 Å². The van der Waals surface area contributed by atoms with Crippen LogP contribution in [0.1, 0.15) is 59.3 Å². The molecule has 118 valence electrons. The van der Waals surface area contributed by atoms with Gasteiger partial charge in [-0.25, -0.2) is 0 Å². The van der Waals surface area contributed by atoms with Gasteiger partial charge in [0.05, 0.1) is 6.04 Å². The van der Waals surface area contributed by atoms with Crippen molar-refractivity contribution in [3.63, 3.8) is 0 Å². The minimum absolute atomic E-state index is 0.0577. The van der Waals surface area contributed by atoms with E-state index in [1.165, 1.54) is 12.8 Å². The molecule has 1 fully saturated rings. The van der Waals surface area contributed by atoms with Crippen molar-refractivity contribution in [2.75, 3.05) is 25.9 Å². The van der Waals surface area contributed by atoms with Gasteiger partial charge in [0.15, 0.2) is 0 Å². The van der Waals surface area contributed by atoms with Crippen LogP contribution in [0.5, 0.6) is 0 Å². The van der Waals surface area contributed by atoms with Gasteiger partial charge >= 0.3 is 0 Å². The van der Waals surface area contributed by atoms with Gasteiger partial charge in [0.1, 0.15) is 0 Å². The molecule has 1 N–H and O–H groups in total. The Kier molecular flexibility index (Phi) is 7.96. The lowest BCUT2D eigenvalue weighted by atomic mass is 10.0. The fraction of sp³-hybridized carbons (Fsp3) is 0.938. The van der Waals surface area contributed by atoms with Crippen molar-refractivity contribution < 1.29 is 4.79 Å². The van der Waals surface area contributed by atoms with Gasteiger partial charge in [0.2, 0.25) is 5.91 Å². The Labute approximate surface area is 129 Å². The van der Waals surface area contributed by atoms with Crippen LogP contribution in [0.4, 0.5) is 0 Å². The monoisotopic (exact) mass is 300 g/mol. The predicted molar refractivity (Wildman–Crippen MR) is 89.3 cm³/mol. The fourth-order valence-electron chi connectivity index (χ4n) is 2.85. The van der Waals surface area contributed by atoms with Gasteiger partial charge in [-0.05, 0) is 38.9 Å². The second-order valence-corrected chi connectivity index (χ2v) is 7.21. The molecule has 4 heteroatoms. The maximum Gasteiger partial charge on any atom is 0.239 e. The van der Waals surface area contributed by atoms with Crippen LogP contribution in [0.2, 0.25) is 0 Å². The Morgan fingerprint density at radius 3 is 2.20 bits per heavy atom. The molecule has 1 heterocycles. The summed E-state index contributed by atoms with van der Waals surface area (Å²) in [6, 6.07) is -0.0577. The molecule has 0 radical (unpaired) electrons. The number of thioether (sulfide) groups is 1. The Bertz CT molecular complexity index is 276. The highest BCUT2D eigenvalue weighted by Gasteiger charge is 2.27. The van der Waals surface area contributed by atoms with E-state index in [0.717, 1.165) is 45.3 Å². The number of likely N-dealkylation sites (tertiary alicyclic amines) is 1. The lowest BCUT2D eigenvalue weighted by molar-refractivity contribution is -0.133. The molecule has 1 atom stereocenters. The van der Waals surface area contributed by atoms with E-state index in [0.29, 0.717) is 0 Å². The Hall–Kier alpha value is -0.220. The number of carbonyl (C=O) groups is 1. The van der Waals surface area contributed by atoms with Crippen molar-refractivity contribution >= 4 is 17.7 Å². The van der Waals surface area contributed by atoms with E-state index < -0.39 is 0 Å². The summed E-state index contributed by atoms with van der Waals surface area (Å²) in [6.07, 6.45) is 9.33. The molecule has 1 aliphatic rings. The normalized spacial score (nSPS) is 18.7. The molecule has 0 aliphatic carbocycles. The maximum absolute atomic E-state index is 12.5. The summed E-state index contributed by atoms with van der Waals surface area (Å²) in [4.78, 5) is 14.5. The van der Waals surface area contributed by atoms with E-state index >= 15 is 0 Å². The van der Waals surface area contributed by atoms with Crippen molar-refractivity contribution in [2.24, 2.45) is 0 Å². The van der Waals surface area contributed by atoms with Gasteiger partial charge < -0.3 is 10.2 Å². The zero-order valence-corrected chi connectivity index (χ0v) is 14.5. The van der Waals surface area contributed by atoms with Crippen LogP contribution in [-0.4, -0.2) is 47.5 Å². The first-order chi connectivity index (χ1) is 9.58. The average Bonchev–Trinajstić information content (AvgIpc) is 2.77. The van der Waals surface area contributed by atoms with Gasteiger partial charge in [-0.15, -0.1) is 0 Å². The van der Waals surface area contributed by atoms with Gasteiger partial charge in [-0.2, -0.15) is 11.8 Å². The zero-order valence-electron chi connectivity index (χ0n) is 13.7. The predicted octanol–water partition coefficient (Wildman–Crippen LogP) is 3.29. The van der Waals surface area contributed by atoms with E-state index in [2.05, 4.69) is 30.3 Å². The molecule has 20 heavy (non-hydrogen) atoms. The molecule has 1 unspecified atom stereocenters. The molecule has 0 aromatic rings. The van der Waals surface area contributed by atoms with Gasteiger partial charge in [0, 0.05) is 24.4 Å². The largest absolute Gasteiger partial charge is 0.341 e. The minimum Gasteiger partial charge on any atom is -0.341 e. The summed E-state index contributed by atoms with van der Waals surface area (Å²) in [7, 11) is 0. The molecule has 0 spiro atoms. The highest BCUT2D eigenvalue weighted by Crippen LogP contribution is 2.29. The van der Waals surface area contributed by atoms with Crippen LogP contribution in [0.25, 0.3) is 0 Å². The molecule has 1 amide bonds. The number of amides is 1. The first-order valence-corrected chi connectivity index (χ1v) is 9.38. The second kappa shape index (κ2) is 8.93. The van der Waals surface area contributed by atoms with Crippen LogP contribution in [-0.2, 0) is 4.79 Å². The second-order valence-electron chi connectivity index (χ2n) is 5.94. The molecule has 1 aliphatic heterocycles. The summed E-state index contributed by atoms with van der Waals surface area (Å²) in [5, 5.41) is 3.48. The summed E-state index contributed by atoms with van der Waals surface area (Å²) in [5.41, 5.74) is 0. The SMILES string of the molecule is CCC(CC)(CNC(C)C(=O)N1CCCCCC1)SC. The van der Waals surface area contributed by atoms with Gasteiger partial charge in [-0.3, -0.25) is 4.79 Å². The van der Waals surface area contributed by atoms with Crippen molar-refractivity contribution in [2.45, 2.75) is 70.1 Å². The number of nitrogens with one attached hydrogen (secondary N) is 1. The minimum atomic E-state index is -0.0577. The molecule has 0 bridgehead atoms. The zero-order chi connectivity index (χ0) is 15.0. The van der Waals surface area contributed by atoms with E-state index in [-0.39, 0.29) is 16.7 Å². The van der Waals surface area contributed by atoms with Crippen LogP contribution in [0.3, 0.4) is 0 Å². The van der Waals surface area contributed by atoms with Crippen molar-refractivity contribution in [1.82, 2.24) is 10.2 Å². The maximum atomic E-state index is 12.5. The Morgan fingerprint density at radius 1 is 1.20 bits per heavy atom. The molecule has 1 rings (SSSR count). The highest BCUT2D eigenvalue weighted by molar-refractivity contribution is 8.00. The fourth-order valence-corrected chi connectivity index (χ4v) is 3.66. The third-order valence-electron chi connectivity index (χ3n) is 4.74. The summed E-state index contributed by atoms with van der Waals surface area (Å²) < 4.78 is 0.271. The summed E-state index contributed by atoms with van der Waals surface area (Å²) in [6.45, 7) is 9.30.